The smallest absolute Gasteiger partial charge is 0.303 e. The van der Waals surface area contributed by atoms with Crippen LogP contribution in [0.4, 0.5) is 0 Å². The topological polar surface area (TPSA) is 80.7 Å². The number of allylic oxidation sites excluding steroid dienone is 4. The highest BCUT2D eigenvalue weighted by Crippen LogP contribution is 2.66. The van der Waals surface area contributed by atoms with Crippen molar-refractivity contribution in [3.8, 4) is 0 Å². The Morgan fingerprint density at radius 2 is 2.00 bits per heavy atom. The van der Waals surface area contributed by atoms with Gasteiger partial charge in [-0.05, 0) is 61.5 Å². The molecular formula is C23H30O5. The number of fused-ring (bicyclic) bond motifs is 5. The van der Waals surface area contributed by atoms with E-state index in [1.165, 1.54) is 6.92 Å². The summed E-state index contributed by atoms with van der Waals surface area (Å²) < 4.78 is 4.97. The predicted octanol–water partition coefficient (Wildman–Crippen LogP) is 3.01. The Kier molecular flexibility index (Phi) is 4.65. The van der Waals surface area contributed by atoms with Crippen molar-refractivity contribution >= 4 is 17.5 Å². The predicted molar refractivity (Wildman–Crippen MR) is 103 cm³/mol. The summed E-state index contributed by atoms with van der Waals surface area (Å²) in [7, 11) is 0. The van der Waals surface area contributed by atoms with Gasteiger partial charge in [0.05, 0.1) is 6.10 Å². The van der Waals surface area contributed by atoms with Crippen molar-refractivity contribution in [3.05, 3.63) is 23.8 Å². The highest BCUT2D eigenvalue weighted by atomic mass is 16.5. The van der Waals surface area contributed by atoms with Crippen LogP contribution < -0.4 is 0 Å². The molecule has 152 valence electrons. The molecule has 0 heterocycles. The number of rotatable bonds is 3. The molecule has 0 aliphatic heterocycles. The van der Waals surface area contributed by atoms with Crippen LogP contribution in [0.3, 0.4) is 0 Å². The van der Waals surface area contributed by atoms with Gasteiger partial charge in [0.15, 0.2) is 11.6 Å². The number of ether oxygens (including phenoxy) is 1. The van der Waals surface area contributed by atoms with Crippen LogP contribution in [-0.4, -0.2) is 35.4 Å². The molecule has 4 aliphatic rings. The van der Waals surface area contributed by atoms with Gasteiger partial charge in [0, 0.05) is 24.2 Å². The van der Waals surface area contributed by atoms with E-state index < -0.39 is 12.1 Å². The molecule has 0 bridgehead atoms. The number of hydrogen-bond acceptors (Lipinski definition) is 5. The molecule has 5 heteroatoms. The normalized spacial score (nSPS) is 44.2. The molecule has 1 N–H and O–H groups in total. The maximum atomic E-state index is 12.8. The van der Waals surface area contributed by atoms with Crippen LogP contribution in [0.15, 0.2) is 23.8 Å². The third-order valence-electron chi connectivity index (χ3n) is 8.30. The maximum Gasteiger partial charge on any atom is 0.303 e. The Labute approximate surface area is 166 Å². The van der Waals surface area contributed by atoms with Gasteiger partial charge in [-0.2, -0.15) is 0 Å². The van der Waals surface area contributed by atoms with E-state index in [2.05, 4.69) is 13.8 Å². The largest absolute Gasteiger partial charge is 0.458 e. The Balaban J connectivity index is 1.62. The first-order chi connectivity index (χ1) is 13.2. The zero-order valence-electron chi connectivity index (χ0n) is 16.9. The van der Waals surface area contributed by atoms with Crippen LogP contribution in [0.25, 0.3) is 0 Å². The van der Waals surface area contributed by atoms with Gasteiger partial charge in [-0.15, -0.1) is 0 Å². The minimum absolute atomic E-state index is 0.0170. The lowest BCUT2D eigenvalue weighted by Gasteiger charge is -2.58. The number of hydrogen-bond donors (Lipinski definition) is 1. The van der Waals surface area contributed by atoms with Gasteiger partial charge < -0.3 is 9.84 Å². The average Bonchev–Trinajstić information content (AvgIpc) is 2.96. The van der Waals surface area contributed by atoms with E-state index in [-0.39, 0.29) is 40.8 Å². The van der Waals surface area contributed by atoms with E-state index in [0.717, 1.165) is 31.3 Å². The van der Waals surface area contributed by atoms with Gasteiger partial charge in [-0.3, -0.25) is 14.4 Å². The summed E-state index contributed by atoms with van der Waals surface area (Å²) in [4.78, 5) is 35.8. The number of aliphatic hydroxyl groups is 1. The Morgan fingerprint density at radius 3 is 2.71 bits per heavy atom. The van der Waals surface area contributed by atoms with Crippen molar-refractivity contribution in [1.29, 1.82) is 0 Å². The Morgan fingerprint density at radius 1 is 1.25 bits per heavy atom. The van der Waals surface area contributed by atoms with E-state index in [4.69, 9.17) is 4.74 Å². The standard InChI is InChI=1S/C23H30O5/c1-13(24)28-12-20(27)18-7-6-17-16-5-4-14-10-15(25)8-9-22(14,2)21(16)19(26)11-23(17,18)3/h8-10,16-19,21,26H,4-7,11-12H2,1-3H3/t16-,17-,18?,19-,21+,22-,23-/m0/s1. The highest BCUT2D eigenvalue weighted by Gasteiger charge is 2.62. The van der Waals surface area contributed by atoms with Crippen molar-refractivity contribution in [2.24, 2.45) is 34.5 Å². The van der Waals surface area contributed by atoms with Crippen molar-refractivity contribution in [2.45, 2.75) is 59.0 Å². The molecule has 0 amide bonds. The molecule has 3 fully saturated rings. The molecule has 4 rings (SSSR count). The zero-order chi connectivity index (χ0) is 20.3. The van der Waals surface area contributed by atoms with Gasteiger partial charge >= 0.3 is 5.97 Å². The van der Waals surface area contributed by atoms with Crippen LogP contribution in [0.2, 0.25) is 0 Å². The molecule has 5 nitrogen and oxygen atoms in total. The van der Waals surface area contributed by atoms with Crippen molar-refractivity contribution in [2.75, 3.05) is 6.61 Å². The van der Waals surface area contributed by atoms with E-state index in [1.54, 1.807) is 12.2 Å². The third kappa shape index (κ3) is 2.81. The van der Waals surface area contributed by atoms with E-state index in [9.17, 15) is 19.5 Å². The minimum atomic E-state index is -0.514. The van der Waals surface area contributed by atoms with Gasteiger partial charge in [0.25, 0.3) is 0 Å². The minimum Gasteiger partial charge on any atom is -0.458 e. The number of ketones is 2. The van der Waals surface area contributed by atoms with Gasteiger partial charge in [-0.25, -0.2) is 0 Å². The number of carbonyl (C=O) groups excluding carboxylic acids is 3. The number of aliphatic hydroxyl groups excluding tert-OH is 1. The van der Waals surface area contributed by atoms with Crippen LogP contribution in [-0.2, 0) is 19.1 Å². The zero-order valence-corrected chi connectivity index (χ0v) is 16.9. The molecule has 3 saturated carbocycles. The summed E-state index contributed by atoms with van der Waals surface area (Å²) in [6.45, 7) is 5.46. The molecule has 0 aromatic rings. The van der Waals surface area contributed by atoms with Crippen molar-refractivity contribution in [1.82, 2.24) is 0 Å². The molecule has 0 aromatic carbocycles. The van der Waals surface area contributed by atoms with E-state index in [0.29, 0.717) is 18.3 Å². The first kappa shape index (κ1) is 19.6. The molecule has 0 saturated heterocycles. The summed E-state index contributed by atoms with van der Waals surface area (Å²) in [5, 5.41) is 11.3. The Bertz CT molecular complexity index is 780. The first-order valence-electron chi connectivity index (χ1n) is 10.4. The molecule has 7 atom stereocenters. The lowest BCUT2D eigenvalue weighted by molar-refractivity contribution is -0.152. The lowest BCUT2D eigenvalue weighted by Crippen LogP contribution is -2.56. The monoisotopic (exact) mass is 386 g/mol. The second kappa shape index (κ2) is 6.65. The summed E-state index contributed by atoms with van der Waals surface area (Å²) in [6, 6.07) is 0. The first-order valence-corrected chi connectivity index (χ1v) is 10.4. The molecule has 0 spiro atoms. The summed E-state index contributed by atoms with van der Waals surface area (Å²) in [6.07, 6.45) is 9.08. The Hall–Kier alpha value is -1.75. The molecule has 4 aliphatic carbocycles. The summed E-state index contributed by atoms with van der Waals surface area (Å²) in [5.74, 6) is 0.208. The molecule has 0 radical (unpaired) electrons. The van der Waals surface area contributed by atoms with Crippen LogP contribution in [0, 0.1) is 34.5 Å². The van der Waals surface area contributed by atoms with E-state index >= 15 is 0 Å². The third-order valence-corrected chi connectivity index (χ3v) is 8.30. The molecule has 28 heavy (non-hydrogen) atoms. The average molecular weight is 386 g/mol. The fourth-order valence-corrected chi connectivity index (χ4v) is 7.13. The summed E-state index contributed by atoms with van der Waals surface area (Å²) in [5.41, 5.74) is 0.602. The maximum absolute atomic E-state index is 12.8. The van der Waals surface area contributed by atoms with Crippen molar-refractivity contribution < 1.29 is 24.2 Å². The molecular weight excluding hydrogens is 356 g/mol. The second-order valence-corrected chi connectivity index (χ2v) is 9.68. The van der Waals surface area contributed by atoms with Crippen LogP contribution >= 0.6 is 0 Å². The number of esters is 1. The number of Topliss-reactive ketones (excluding diaryl/α,β-unsaturated/α-hetero) is 1. The number of carbonyl (C=O) groups is 3. The SMILES string of the molecule is CC(=O)OCC(=O)C1CC[C@H]2[C@@H]3CCC4=CC(=O)C=C[C@]4(C)[C@H]3[C@@H](O)C[C@]12C. The van der Waals surface area contributed by atoms with Gasteiger partial charge in [-0.1, -0.05) is 25.5 Å². The highest BCUT2D eigenvalue weighted by molar-refractivity contribution is 6.01. The second-order valence-electron chi connectivity index (χ2n) is 9.68. The fraction of sp³-hybridized carbons (Fsp3) is 0.696. The van der Waals surface area contributed by atoms with Gasteiger partial charge in [0.1, 0.15) is 6.61 Å². The van der Waals surface area contributed by atoms with Crippen molar-refractivity contribution in [3.63, 3.8) is 0 Å². The summed E-state index contributed by atoms with van der Waals surface area (Å²) >= 11 is 0. The van der Waals surface area contributed by atoms with Gasteiger partial charge in [0.2, 0.25) is 0 Å². The fourth-order valence-electron chi connectivity index (χ4n) is 7.13. The molecule has 0 aromatic heterocycles. The van der Waals surface area contributed by atoms with Crippen LogP contribution in [0.5, 0.6) is 0 Å². The molecule has 1 unspecified atom stereocenters. The van der Waals surface area contributed by atoms with Crippen LogP contribution in [0.1, 0.15) is 52.9 Å². The van der Waals surface area contributed by atoms with E-state index in [1.807, 2.05) is 6.08 Å². The lowest BCUT2D eigenvalue weighted by atomic mass is 9.46. The quantitative estimate of drug-likeness (QED) is 0.754.